The van der Waals surface area contributed by atoms with Crippen molar-refractivity contribution in [3.05, 3.63) is 29.8 Å². The molecule has 98 valence electrons. The first-order chi connectivity index (χ1) is 8.61. The van der Waals surface area contributed by atoms with Crippen LogP contribution in [0.15, 0.2) is 24.3 Å². The number of anilines is 1. The summed E-state index contributed by atoms with van der Waals surface area (Å²) in [6, 6.07) is 6.62. The van der Waals surface area contributed by atoms with E-state index >= 15 is 0 Å². The molecule has 0 aliphatic rings. The van der Waals surface area contributed by atoms with Crippen molar-refractivity contribution in [3.63, 3.8) is 0 Å². The number of ether oxygens (including phenoxy) is 1. The first-order valence-corrected chi connectivity index (χ1v) is 5.50. The van der Waals surface area contributed by atoms with E-state index in [4.69, 9.17) is 15.6 Å². The largest absolute Gasteiger partial charge is 0.481 e. The minimum absolute atomic E-state index is 0.0339. The lowest BCUT2D eigenvalue weighted by atomic mass is 10.1. The highest BCUT2D eigenvalue weighted by molar-refractivity contribution is 5.91. The molecule has 6 heteroatoms. The predicted molar refractivity (Wildman–Crippen MR) is 66.3 cm³/mol. The average Bonchev–Trinajstić information content (AvgIpc) is 2.31. The summed E-state index contributed by atoms with van der Waals surface area (Å²) in [5, 5.41) is 11.2. The van der Waals surface area contributed by atoms with Crippen molar-refractivity contribution in [2.45, 2.75) is 6.42 Å². The third-order valence-electron chi connectivity index (χ3n) is 2.09. The van der Waals surface area contributed by atoms with Gasteiger partial charge >= 0.3 is 5.97 Å². The lowest BCUT2D eigenvalue weighted by Crippen LogP contribution is -2.20. The van der Waals surface area contributed by atoms with Crippen molar-refractivity contribution in [1.29, 1.82) is 0 Å². The number of rotatable bonds is 7. The van der Waals surface area contributed by atoms with Gasteiger partial charge in [0, 0.05) is 12.2 Å². The molecule has 1 rings (SSSR count). The number of hydrogen-bond acceptors (Lipinski definition) is 4. The van der Waals surface area contributed by atoms with Crippen LogP contribution in [0.2, 0.25) is 0 Å². The fourth-order valence-electron chi connectivity index (χ4n) is 1.33. The number of amides is 1. The first-order valence-electron chi connectivity index (χ1n) is 5.50. The van der Waals surface area contributed by atoms with E-state index in [1.54, 1.807) is 24.3 Å². The molecule has 0 aromatic heterocycles. The summed E-state index contributed by atoms with van der Waals surface area (Å²) >= 11 is 0. The lowest BCUT2D eigenvalue weighted by molar-refractivity contribution is -0.136. The third-order valence-corrected chi connectivity index (χ3v) is 2.09. The monoisotopic (exact) mass is 252 g/mol. The van der Waals surface area contributed by atoms with Crippen molar-refractivity contribution < 1.29 is 19.4 Å². The topological polar surface area (TPSA) is 102 Å². The standard InChI is InChI=1S/C12H16N2O4/c13-5-6-18-8-11(15)14-10-3-1-9(2-4-10)7-12(16)17/h1-4H,5-8,13H2,(H,14,15)(H,16,17). The Labute approximate surface area is 105 Å². The van der Waals surface area contributed by atoms with Crippen molar-refractivity contribution in [3.8, 4) is 0 Å². The Morgan fingerprint density at radius 1 is 1.28 bits per heavy atom. The second kappa shape index (κ2) is 7.41. The average molecular weight is 252 g/mol. The number of hydrogen-bond donors (Lipinski definition) is 3. The fraction of sp³-hybridized carbons (Fsp3) is 0.333. The van der Waals surface area contributed by atoms with E-state index in [1.165, 1.54) is 0 Å². The Morgan fingerprint density at radius 3 is 2.50 bits per heavy atom. The molecule has 0 heterocycles. The van der Waals surface area contributed by atoms with E-state index in [2.05, 4.69) is 5.32 Å². The number of carboxylic acid groups (broad SMARTS) is 1. The first kappa shape index (κ1) is 14.1. The van der Waals surface area contributed by atoms with Crippen LogP contribution in [-0.4, -0.2) is 36.7 Å². The normalized spacial score (nSPS) is 10.1. The van der Waals surface area contributed by atoms with Gasteiger partial charge in [-0.05, 0) is 17.7 Å². The molecule has 18 heavy (non-hydrogen) atoms. The fourth-order valence-corrected chi connectivity index (χ4v) is 1.33. The number of carboxylic acids is 1. The number of benzene rings is 1. The Morgan fingerprint density at radius 2 is 1.94 bits per heavy atom. The third kappa shape index (κ3) is 5.42. The molecule has 0 unspecified atom stereocenters. The predicted octanol–water partition coefficient (Wildman–Crippen LogP) is 0.227. The summed E-state index contributed by atoms with van der Waals surface area (Å²) in [5.74, 6) is -1.16. The van der Waals surface area contributed by atoms with Gasteiger partial charge in [0.25, 0.3) is 0 Å². The number of carbonyl (C=O) groups is 2. The van der Waals surface area contributed by atoms with E-state index < -0.39 is 5.97 Å². The van der Waals surface area contributed by atoms with Crippen molar-refractivity contribution in [2.24, 2.45) is 5.73 Å². The van der Waals surface area contributed by atoms with Crippen molar-refractivity contribution >= 4 is 17.6 Å². The maximum Gasteiger partial charge on any atom is 0.307 e. The van der Waals surface area contributed by atoms with Crippen LogP contribution in [0.4, 0.5) is 5.69 Å². The zero-order valence-corrected chi connectivity index (χ0v) is 9.89. The SMILES string of the molecule is NCCOCC(=O)Nc1ccc(CC(=O)O)cc1. The summed E-state index contributed by atoms with van der Waals surface area (Å²) in [4.78, 5) is 21.9. The molecule has 1 aromatic rings. The number of carbonyl (C=O) groups excluding carboxylic acids is 1. The Hall–Kier alpha value is -1.92. The molecule has 0 aliphatic heterocycles. The Kier molecular flexibility index (Phi) is 5.83. The van der Waals surface area contributed by atoms with E-state index in [-0.39, 0.29) is 18.9 Å². The van der Waals surface area contributed by atoms with E-state index in [9.17, 15) is 9.59 Å². The van der Waals surface area contributed by atoms with Gasteiger partial charge in [-0.25, -0.2) is 0 Å². The molecule has 0 fully saturated rings. The van der Waals surface area contributed by atoms with Crippen LogP contribution in [0.1, 0.15) is 5.56 Å². The van der Waals surface area contributed by atoms with Gasteiger partial charge < -0.3 is 20.9 Å². The number of aliphatic carboxylic acids is 1. The van der Waals surface area contributed by atoms with Gasteiger partial charge in [0.1, 0.15) is 6.61 Å². The minimum atomic E-state index is -0.887. The molecule has 0 spiro atoms. The van der Waals surface area contributed by atoms with Crippen LogP contribution in [-0.2, 0) is 20.7 Å². The maximum atomic E-state index is 11.4. The van der Waals surface area contributed by atoms with Crippen LogP contribution in [0, 0.1) is 0 Å². The molecule has 0 aliphatic carbocycles. The van der Waals surface area contributed by atoms with Gasteiger partial charge in [0.15, 0.2) is 0 Å². The zero-order chi connectivity index (χ0) is 13.4. The van der Waals surface area contributed by atoms with Gasteiger partial charge in [-0.3, -0.25) is 9.59 Å². The highest BCUT2D eigenvalue weighted by atomic mass is 16.5. The number of nitrogens with two attached hydrogens (primary N) is 1. The van der Waals surface area contributed by atoms with E-state index in [0.29, 0.717) is 24.4 Å². The molecule has 0 bridgehead atoms. The molecular weight excluding hydrogens is 236 g/mol. The molecule has 0 saturated carbocycles. The summed E-state index contributed by atoms with van der Waals surface area (Å²) in [6.45, 7) is 0.663. The molecular formula is C12H16N2O4. The highest BCUT2D eigenvalue weighted by Gasteiger charge is 2.03. The summed E-state index contributed by atoms with van der Waals surface area (Å²) in [7, 11) is 0. The molecule has 1 aromatic carbocycles. The van der Waals surface area contributed by atoms with Gasteiger partial charge in [0.2, 0.25) is 5.91 Å². The van der Waals surface area contributed by atoms with E-state index in [1.807, 2.05) is 0 Å². The quantitative estimate of drug-likeness (QED) is 0.603. The molecule has 6 nitrogen and oxygen atoms in total. The van der Waals surface area contributed by atoms with E-state index in [0.717, 1.165) is 0 Å². The van der Waals surface area contributed by atoms with Crippen LogP contribution in [0.3, 0.4) is 0 Å². The molecule has 0 atom stereocenters. The number of nitrogens with one attached hydrogen (secondary N) is 1. The lowest BCUT2D eigenvalue weighted by Gasteiger charge is -2.06. The minimum Gasteiger partial charge on any atom is -0.481 e. The smallest absolute Gasteiger partial charge is 0.307 e. The second-order valence-electron chi connectivity index (χ2n) is 3.66. The zero-order valence-electron chi connectivity index (χ0n) is 9.89. The van der Waals surface area contributed by atoms with Crippen LogP contribution in [0.25, 0.3) is 0 Å². The molecule has 4 N–H and O–H groups in total. The van der Waals surface area contributed by atoms with Crippen LogP contribution >= 0.6 is 0 Å². The van der Waals surface area contributed by atoms with Crippen LogP contribution in [0.5, 0.6) is 0 Å². The van der Waals surface area contributed by atoms with Crippen molar-refractivity contribution in [2.75, 3.05) is 25.1 Å². The summed E-state index contributed by atoms with van der Waals surface area (Å²) in [6.07, 6.45) is -0.0339. The summed E-state index contributed by atoms with van der Waals surface area (Å²) in [5.41, 5.74) is 6.50. The second-order valence-corrected chi connectivity index (χ2v) is 3.66. The summed E-state index contributed by atoms with van der Waals surface area (Å²) < 4.78 is 4.98. The van der Waals surface area contributed by atoms with Gasteiger partial charge in [0.05, 0.1) is 13.0 Å². The Bertz CT molecular complexity index is 403. The maximum absolute atomic E-state index is 11.4. The van der Waals surface area contributed by atoms with Gasteiger partial charge in [-0.2, -0.15) is 0 Å². The van der Waals surface area contributed by atoms with Crippen molar-refractivity contribution in [1.82, 2.24) is 0 Å². The highest BCUT2D eigenvalue weighted by Crippen LogP contribution is 2.10. The van der Waals surface area contributed by atoms with Gasteiger partial charge in [-0.15, -0.1) is 0 Å². The molecule has 0 saturated heterocycles. The van der Waals surface area contributed by atoms with Crippen LogP contribution < -0.4 is 11.1 Å². The molecule has 0 radical (unpaired) electrons. The van der Waals surface area contributed by atoms with Gasteiger partial charge in [-0.1, -0.05) is 12.1 Å². The Balaban J connectivity index is 2.43. The molecule has 1 amide bonds.